The molecule has 1 aliphatic heterocycles. The number of hydrogen-bond acceptors (Lipinski definition) is 5. The van der Waals surface area contributed by atoms with Crippen LogP contribution in [-0.2, 0) is 0 Å². The van der Waals surface area contributed by atoms with E-state index in [1.54, 1.807) is 6.92 Å². The van der Waals surface area contributed by atoms with E-state index in [9.17, 15) is 9.59 Å². The molecule has 0 saturated carbocycles. The normalized spacial score (nSPS) is 14.3. The smallest absolute Gasteiger partial charge is 0.263 e. The van der Waals surface area contributed by atoms with Crippen molar-refractivity contribution in [1.29, 1.82) is 0 Å². The van der Waals surface area contributed by atoms with Crippen LogP contribution >= 0.6 is 0 Å². The first-order valence-electron chi connectivity index (χ1n) is 6.84. The molecule has 2 N–H and O–H groups in total. The number of carbonyl (C=O) groups is 2. The second-order valence-electron chi connectivity index (χ2n) is 4.83. The Labute approximate surface area is 118 Å². The molecule has 0 bridgehead atoms. The average molecular weight is 276 g/mol. The van der Waals surface area contributed by atoms with Gasteiger partial charge in [-0.1, -0.05) is 13.8 Å². The Morgan fingerprint density at radius 2 is 1.90 bits per heavy atom. The van der Waals surface area contributed by atoms with E-state index in [2.05, 4.69) is 23.7 Å². The molecular formula is C14H20N4O2. The number of nitrogen functional groups attached to an aromatic ring is 1. The monoisotopic (exact) mass is 276 g/mol. The fraction of sp³-hybridized carbons (Fsp3) is 0.500. The van der Waals surface area contributed by atoms with Crippen LogP contribution in [0.4, 0.5) is 5.69 Å². The maximum absolute atomic E-state index is 12.3. The van der Waals surface area contributed by atoms with Crippen LogP contribution in [0.1, 0.15) is 40.3 Å². The molecule has 0 atom stereocenters. The number of likely N-dealkylation sites (N-methyl/N-ethyl adjacent to an activating group) is 1. The van der Waals surface area contributed by atoms with Gasteiger partial charge in [0, 0.05) is 19.3 Å². The summed E-state index contributed by atoms with van der Waals surface area (Å²) in [7, 11) is 0. The van der Waals surface area contributed by atoms with Crippen molar-refractivity contribution in [3.8, 4) is 0 Å². The second kappa shape index (κ2) is 5.58. The van der Waals surface area contributed by atoms with Crippen LogP contribution in [0.15, 0.2) is 6.20 Å². The first-order valence-corrected chi connectivity index (χ1v) is 6.84. The zero-order valence-electron chi connectivity index (χ0n) is 12.1. The van der Waals surface area contributed by atoms with Crippen LogP contribution in [0.25, 0.3) is 0 Å². The topological polar surface area (TPSA) is 79.5 Å². The van der Waals surface area contributed by atoms with E-state index in [0.717, 1.165) is 13.1 Å². The maximum Gasteiger partial charge on any atom is 0.263 e. The van der Waals surface area contributed by atoms with Crippen LogP contribution in [-0.4, -0.2) is 52.8 Å². The van der Waals surface area contributed by atoms with E-state index in [1.165, 1.54) is 11.1 Å². The Balaban J connectivity index is 2.22. The molecule has 2 rings (SSSR count). The van der Waals surface area contributed by atoms with Gasteiger partial charge >= 0.3 is 0 Å². The molecule has 0 aliphatic carbocycles. The Morgan fingerprint density at radius 1 is 1.25 bits per heavy atom. The molecule has 6 heteroatoms. The minimum Gasteiger partial charge on any atom is -0.397 e. The third-order valence-electron chi connectivity index (χ3n) is 3.78. The number of nitrogens with two attached hydrogens (primary N) is 1. The number of anilines is 1. The van der Waals surface area contributed by atoms with E-state index < -0.39 is 0 Å². The van der Waals surface area contributed by atoms with Crippen LogP contribution in [0.5, 0.6) is 0 Å². The van der Waals surface area contributed by atoms with Crippen molar-refractivity contribution in [3.05, 3.63) is 23.0 Å². The molecule has 0 unspecified atom stereocenters. The van der Waals surface area contributed by atoms with E-state index in [1.807, 2.05) is 0 Å². The predicted octanol–water partition coefficient (Wildman–Crippen LogP) is 0.910. The molecule has 6 nitrogen and oxygen atoms in total. The number of hydrogen-bond donors (Lipinski definition) is 1. The zero-order chi connectivity index (χ0) is 14.9. The van der Waals surface area contributed by atoms with E-state index in [-0.39, 0.29) is 11.8 Å². The summed E-state index contributed by atoms with van der Waals surface area (Å²) in [6.07, 6.45) is 1.44. The van der Waals surface area contributed by atoms with Crippen LogP contribution in [0.3, 0.4) is 0 Å². The van der Waals surface area contributed by atoms with E-state index in [4.69, 9.17) is 5.73 Å². The summed E-state index contributed by atoms with van der Waals surface area (Å²) in [6, 6.07) is 0. The van der Waals surface area contributed by atoms with Gasteiger partial charge in [-0.3, -0.25) is 19.5 Å². The second-order valence-corrected chi connectivity index (χ2v) is 4.83. The summed E-state index contributed by atoms with van der Waals surface area (Å²) in [5.41, 5.74) is 7.40. The lowest BCUT2D eigenvalue weighted by atomic mass is 10.1. The van der Waals surface area contributed by atoms with Crippen molar-refractivity contribution >= 4 is 17.5 Å². The highest BCUT2D eigenvalue weighted by molar-refractivity contribution is 6.23. The average Bonchev–Trinajstić information content (AvgIpc) is 2.68. The van der Waals surface area contributed by atoms with Crippen molar-refractivity contribution in [2.45, 2.75) is 20.8 Å². The molecule has 2 amide bonds. The molecule has 1 aromatic rings. The molecule has 0 saturated heterocycles. The van der Waals surface area contributed by atoms with Gasteiger partial charge in [0.25, 0.3) is 11.8 Å². The van der Waals surface area contributed by atoms with Crippen molar-refractivity contribution in [2.24, 2.45) is 0 Å². The minimum absolute atomic E-state index is 0.295. The van der Waals surface area contributed by atoms with Crippen molar-refractivity contribution in [3.63, 3.8) is 0 Å². The zero-order valence-corrected chi connectivity index (χ0v) is 12.1. The summed E-state index contributed by atoms with van der Waals surface area (Å²) in [6.45, 7) is 8.67. The van der Waals surface area contributed by atoms with Gasteiger partial charge in [-0.15, -0.1) is 0 Å². The molecule has 1 aromatic heterocycles. The highest BCUT2D eigenvalue weighted by Gasteiger charge is 2.37. The number of nitrogens with zero attached hydrogens (tertiary/aromatic N) is 3. The highest BCUT2D eigenvalue weighted by atomic mass is 16.2. The number of rotatable bonds is 5. The molecule has 0 fully saturated rings. The number of pyridine rings is 1. The van der Waals surface area contributed by atoms with Crippen LogP contribution < -0.4 is 5.73 Å². The third-order valence-corrected chi connectivity index (χ3v) is 3.78. The number of imide groups is 1. The van der Waals surface area contributed by atoms with Gasteiger partial charge in [-0.2, -0.15) is 0 Å². The summed E-state index contributed by atoms with van der Waals surface area (Å²) in [4.78, 5) is 32.1. The predicted molar refractivity (Wildman–Crippen MR) is 76.5 cm³/mol. The van der Waals surface area contributed by atoms with Crippen molar-refractivity contribution in [1.82, 2.24) is 14.8 Å². The quantitative estimate of drug-likeness (QED) is 0.809. The summed E-state index contributed by atoms with van der Waals surface area (Å²) in [5, 5.41) is 0. The van der Waals surface area contributed by atoms with Gasteiger partial charge in [0.1, 0.15) is 0 Å². The lowest BCUT2D eigenvalue weighted by Gasteiger charge is -2.21. The number of carbonyl (C=O) groups excluding carboxylic acids is 2. The van der Waals surface area contributed by atoms with Gasteiger partial charge in [-0.05, 0) is 20.0 Å². The molecule has 1 aliphatic rings. The lowest BCUT2D eigenvalue weighted by molar-refractivity contribution is 0.0638. The van der Waals surface area contributed by atoms with Gasteiger partial charge in [0.05, 0.1) is 22.5 Å². The van der Waals surface area contributed by atoms with E-state index >= 15 is 0 Å². The van der Waals surface area contributed by atoms with Gasteiger partial charge < -0.3 is 10.6 Å². The molecule has 108 valence electrons. The first-order chi connectivity index (χ1) is 9.51. The number of fused-ring (bicyclic) bond motifs is 1. The minimum atomic E-state index is -0.305. The van der Waals surface area contributed by atoms with Crippen molar-refractivity contribution < 1.29 is 9.59 Å². The standard InChI is InChI=1S/C14H20N4O2/c1-4-17(5-2)6-7-18-13(19)10-8-16-9(3)12(15)11(10)14(18)20/h8H,4-7,15H2,1-3H3. The molecular weight excluding hydrogens is 256 g/mol. The summed E-state index contributed by atoms with van der Waals surface area (Å²) in [5.74, 6) is -0.600. The van der Waals surface area contributed by atoms with Gasteiger partial charge in [0.15, 0.2) is 0 Å². The summed E-state index contributed by atoms with van der Waals surface area (Å²) >= 11 is 0. The third kappa shape index (κ3) is 2.27. The first kappa shape index (κ1) is 14.5. The number of amides is 2. The van der Waals surface area contributed by atoms with Gasteiger partial charge in [-0.25, -0.2) is 0 Å². The van der Waals surface area contributed by atoms with Crippen molar-refractivity contribution in [2.75, 3.05) is 31.9 Å². The van der Waals surface area contributed by atoms with Crippen LogP contribution in [0, 0.1) is 6.92 Å². The fourth-order valence-electron chi connectivity index (χ4n) is 2.37. The SMILES string of the molecule is CCN(CC)CCN1C(=O)c2cnc(C)c(N)c2C1=O. The molecule has 2 heterocycles. The Bertz CT molecular complexity index is 552. The number of aryl methyl sites for hydroxylation is 1. The van der Waals surface area contributed by atoms with Gasteiger partial charge in [0.2, 0.25) is 0 Å². The van der Waals surface area contributed by atoms with E-state index in [0.29, 0.717) is 35.6 Å². The molecule has 0 spiro atoms. The Morgan fingerprint density at radius 3 is 2.50 bits per heavy atom. The Hall–Kier alpha value is -1.95. The summed E-state index contributed by atoms with van der Waals surface area (Å²) < 4.78 is 0. The fourth-order valence-corrected chi connectivity index (χ4v) is 2.37. The maximum atomic E-state index is 12.3. The molecule has 0 aromatic carbocycles. The number of aromatic nitrogens is 1. The molecule has 20 heavy (non-hydrogen) atoms. The lowest BCUT2D eigenvalue weighted by Crippen LogP contribution is -2.38. The highest BCUT2D eigenvalue weighted by Crippen LogP contribution is 2.28. The molecule has 0 radical (unpaired) electrons. The Kier molecular flexibility index (Phi) is 4.04. The van der Waals surface area contributed by atoms with Crippen LogP contribution in [0.2, 0.25) is 0 Å². The largest absolute Gasteiger partial charge is 0.397 e.